The maximum atomic E-state index is 13.9. The van der Waals surface area contributed by atoms with Crippen LogP contribution in [0.3, 0.4) is 0 Å². The lowest BCUT2D eigenvalue weighted by molar-refractivity contribution is -0.123. The molecule has 2 amide bonds. The first-order valence-electron chi connectivity index (χ1n) is 12.4. The number of para-hydroxylation sites is 1. The summed E-state index contributed by atoms with van der Waals surface area (Å²) in [7, 11) is 0. The minimum Gasteiger partial charge on any atom is -0.508 e. The predicted molar refractivity (Wildman–Crippen MR) is 135 cm³/mol. The lowest BCUT2D eigenvalue weighted by Gasteiger charge is -2.42. The smallest absolute Gasteiger partial charge is 0.335 e. The number of hydrogen-bond donors (Lipinski definition) is 2. The van der Waals surface area contributed by atoms with E-state index in [0.717, 1.165) is 10.5 Å². The van der Waals surface area contributed by atoms with Gasteiger partial charge in [-0.15, -0.1) is 0 Å². The second-order valence-electron chi connectivity index (χ2n) is 10.2. The van der Waals surface area contributed by atoms with Crippen LogP contribution in [-0.2, 0) is 19.2 Å². The second-order valence-corrected chi connectivity index (χ2v) is 10.2. The summed E-state index contributed by atoms with van der Waals surface area (Å²) in [5.74, 6) is -5.37. The van der Waals surface area contributed by atoms with Gasteiger partial charge in [-0.2, -0.15) is 0 Å². The number of phenols is 1. The van der Waals surface area contributed by atoms with E-state index < -0.39 is 41.5 Å². The monoisotopic (exact) mass is 509 g/mol. The minimum atomic E-state index is -1.17. The lowest BCUT2D eigenvalue weighted by Crippen LogP contribution is -2.39. The van der Waals surface area contributed by atoms with Crippen LogP contribution in [0.2, 0.25) is 0 Å². The SMILES string of the molecule is CC1=CC(=O)C2=C(C1=O)C(c1ccccc1O)C1=CCC3C(=O)N(c4cccc(C(=O)O)c4)C(=O)C3C1C2. The van der Waals surface area contributed by atoms with Crippen molar-refractivity contribution in [2.24, 2.45) is 17.8 Å². The summed E-state index contributed by atoms with van der Waals surface area (Å²) >= 11 is 0. The van der Waals surface area contributed by atoms with Gasteiger partial charge in [0.2, 0.25) is 11.8 Å². The Bertz CT molecular complexity index is 1580. The molecule has 4 aliphatic rings. The van der Waals surface area contributed by atoms with Crippen molar-refractivity contribution in [2.75, 3.05) is 4.90 Å². The third-order valence-corrected chi connectivity index (χ3v) is 8.16. The first-order chi connectivity index (χ1) is 18.2. The van der Waals surface area contributed by atoms with Gasteiger partial charge in [-0.3, -0.25) is 24.1 Å². The molecule has 38 heavy (non-hydrogen) atoms. The molecule has 2 N–H and O–H groups in total. The van der Waals surface area contributed by atoms with Gasteiger partial charge in [0.05, 0.1) is 23.1 Å². The van der Waals surface area contributed by atoms with E-state index in [4.69, 9.17) is 0 Å². The van der Waals surface area contributed by atoms with Gasteiger partial charge in [0.15, 0.2) is 11.6 Å². The molecule has 1 fully saturated rings. The Morgan fingerprint density at radius 2 is 1.74 bits per heavy atom. The van der Waals surface area contributed by atoms with Crippen LogP contribution in [0.1, 0.15) is 41.6 Å². The Hall–Kier alpha value is -4.59. The maximum Gasteiger partial charge on any atom is 0.335 e. The summed E-state index contributed by atoms with van der Waals surface area (Å²) < 4.78 is 0. The zero-order valence-electron chi connectivity index (χ0n) is 20.4. The summed E-state index contributed by atoms with van der Waals surface area (Å²) in [6, 6.07) is 12.3. The molecule has 4 unspecified atom stereocenters. The van der Waals surface area contributed by atoms with E-state index in [1.807, 2.05) is 6.08 Å². The van der Waals surface area contributed by atoms with Gasteiger partial charge in [0, 0.05) is 28.2 Å². The average molecular weight is 510 g/mol. The highest BCUT2D eigenvalue weighted by atomic mass is 16.4. The van der Waals surface area contributed by atoms with Crippen molar-refractivity contribution in [3.8, 4) is 5.75 Å². The number of carboxylic acids is 1. The van der Waals surface area contributed by atoms with Gasteiger partial charge >= 0.3 is 5.97 Å². The maximum absolute atomic E-state index is 13.9. The molecule has 4 atom stereocenters. The van der Waals surface area contributed by atoms with Crippen molar-refractivity contribution in [1.82, 2.24) is 0 Å². The molecule has 0 aromatic heterocycles. The van der Waals surface area contributed by atoms with Crippen LogP contribution in [0.25, 0.3) is 0 Å². The van der Waals surface area contributed by atoms with Gasteiger partial charge in [0.25, 0.3) is 0 Å². The number of ketones is 2. The van der Waals surface area contributed by atoms with Crippen LogP contribution in [0, 0.1) is 17.8 Å². The number of anilines is 1. The molecule has 2 aromatic rings. The number of amides is 2. The van der Waals surface area contributed by atoms with E-state index in [-0.39, 0.29) is 41.4 Å². The number of carbonyl (C=O) groups excluding carboxylic acids is 4. The predicted octanol–water partition coefficient (Wildman–Crippen LogP) is 3.72. The van der Waals surface area contributed by atoms with E-state index in [9.17, 15) is 34.2 Å². The van der Waals surface area contributed by atoms with Crippen molar-refractivity contribution < 1.29 is 34.2 Å². The molecule has 190 valence electrons. The largest absolute Gasteiger partial charge is 0.508 e. The van der Waals surface area contributed by atoms with Crippen LogP contribution < -0.4 is 4.90 Å². The van der Waals surface area contributed by atoms with Crippen molar-refractivity contribution >= 4 is 35.0 Å². The number of fused-ring (bicyclic) bond motifs is 3. The molecule has 0 bridgehead atoms. The number of allylic oxidation sites excluding steroid dienone is 6. The van der Waals surface area contributed by atoms with Gasteiger partial charge < -0.3 is 10.2 Å². The van der Waals surface area contributed by atoms with E-state index in [2.05, 4.69) is 0 Å². The molecule has 1 saturated heterocycles. The van der Waals surface area contributed by atoms with Crippen molar-refractivity contribution in [1.29, 1.82) is 0 Å². The fourth-order valence-corrected chi connectivity index (χ4v) is 6.48. The highest BCUT2D eigenvalue weighted by molar-refractivity contribution is 6.25. The Labute approximate surface area is 217 Å². The molecule has 6 rings (SSSR count). The summed E-state index contributed by atoms with van der Waals surface area (Å²) in [5, 5.41) is 20.2. The van der Waals surface area contributed by atoms with E-state index in [1.165, 1.54) is 36.4 Å². The molecule has 8 heteroatoms. The first kappa shape index (κ1) is 23.8. The van der Waals surface area contributed by atoms with Crippen molar-refractivity contribution in [2.45, 2.75) is 25.7 Å². The highest BCUT2D eigenvalue weighted by Crippen LogP contribution is 2.56. The van der Waals surface area contributed by atoms with Crippen LogP contribution in [0.4, 0.5) is 5.69 Å². The molecule has 2 aromatic carbocycles. The third-order valence-electron chi connectivity index (χ3n) is 8.16. The molecular formula is C30H23NO7. The fourth-order valence-electron chi connectivity index (χ4n) is 6.48. The summed E-state index contributed by atoms with van der Waals surface area (Å²) in [4.78, 5) is 66.4. The molecule has 3 aliphatic carbocycles. The standard InChI is InChI=1S/C30H23NO7/c1-14-11-23(33)21-13-20-17(24(26(21)27(14)34)18-7-2-3-8-22(18)32)9-10-19-25(20)29(36)31(28(19)35)16-6-4-5-15(12-16)30(37)38/h2-9,11-12,19-20,24-25,32H,10,13H2,1H3,(H,37,38). The van der Waals surface area contributed by atoms with Gasteiger partial charge in [-0.25, -0.2) is 4.79 Å². The number of Topliss-reactive ketones (excluding diaryl/α,β-unsaturated/α-hetero) is 1. The molecule has 0 radical (unpaired) electrons. The number of benzene rings is 2. The van der Waals surface area contributed by atoms with Gasteiger partial charge in [-0.1, -0.05) is 35.9 Å². The Kier molecular flexibility index (Phi) is 5.31. The number of nitrogens with zero attached hydrogens (tertiary/aromatic N) is 1. The Morgan fingerprint density at radius 3 is 2.47 bits per heavy atom. The summed E-state index contributed by atoms with van der Waals surface area (Å²) in [6.07, 6.45) is 3.56. The van der Waals surface area contributed by atoms with E-state index in [0.29, 0.717) is 22.3 Å². The molecule has 0 spiro atoms. The summed E-state index contributed by atoms with van der Waals surface area (Å²) in [6.45, 7) is 1.59. The number of hydrogen-bond acceptors (Lipinski definition) is 6. The lowest BCUT2D eigenvalue weighted by atomic mass is 9.59. The minimum absolute atomic E-state index is 0.0265. The topological polar surface area (TPSA) is 129 Å². The Balaban J connectivity index is 1.48. The number of rotatable bonds is 3. The number of imide groups is 1. The Morgan fingerprint density at radius 1 is 0.974 bits per heavy atom. The number of carboxylic acid groups (broad SMARTS) is 1. The highest BCUT2D eigenvalue weighted by Gasteiger charge is 2.56. The first-order valence-corrected chi connectivity index (χ1v) is 12.4. The van der Waals surface area contributed by atoms with Crippen molar-refractivity contribution in [3.63, 3.8) is 0 Å². The quantitative estimate of drug-likeness (QED) is 0.366. The zero-order chi connectivity index (χ0) is 26.9. The third kappa shape index (κ3) is 3.33. The molecular weight excluding hydrogens is 486 g/mol. The van der Waals surface area contributed by atoms with Gasteiger partial charge in [-0.05, 0) is 56.0 Å². The van der Waals surface area contributed by atoms with Crippen LogP contribution >= 0.6 is 0 Å². The second kappa shape index (κ2) is 8.48. The van der Waals surface area contributed by atoms with Crippen LogP contribution in [-0.4, -0.2) is 39.6 Å². The number of aromatic carboxylic acids is 1. The normalized spacial score (nSPS) is 26.5. The number of phenolic OH excluding ortho intramolecular Hbond substituents is 1. The number of carbonyl (C=O) groups is 5. The van der Waals surface area contributed by atoms with E-state index in [1.54, 1.807) is 25.1 Å². The average Bonchev–Trinajstić information content (AvgIpc) is 3.16. The van der Waals surface area contributed by atoms with Gasteiger partial charge in [0.1, 0.15) is 5.75 Å². The summed E-state index contributed by atoms with van der Waals surface area (Å²) in [5.41, 5.74) is 2.29. The van der Waals surface area contributed by atoms with E-state index >= 15 is 0 Å². The fraction of sp³-hybridized carbons (Fsp3) is 0.233. The van der Waals surface area contributed by atoms with Crippen LogP contribution in [0.15, 0.2) is 83.0 Å². The van der Waals surface area contributed by atoms with Crippen LogP contribution in [0.5, 0.6) is 5.75 Å². The zero-order valence-corrected chi connectivity index (χ0v) is 20.4. The number of aromatic hydroxyl groups is 1. The molecule has 0 saturated carbocycles. The van der Waals surface area contributed by atoms with Crippen molar-refractivity contribution in [3.05, 3.63) is 94.1 Å². The molecule has 1 aliphatic heterocycles. The molecule has 8 nitrogen and oxygen atoms in total. The molecule has 1 heterocycles.